The van der Waals surface area contributed by atoms with Gasteiger partial charge in [-0.15, -0.1) is 0 Å². The monoisotopic (exact) mass is 622 g/mol. The number of nitrogens with one attached hydrogen (secondary N) is 2. The summed E-state index contributed by atoms with van der Waals surface area (Å²) in [6.07, 6.45) is 5.33. The smallest absolute Gasteiger partial charge is 0.416 e. The molecule has 0 bridgehead atoms. The van der Waals surface area contributed by atoms with Gasteiger partial charge in [0.2, 0.25) is 5.90 Å². The van der Waals surface area contributed by atoms with E-state index in [0.29, 0.717) is 24.3 Å². The summed E-state index contributed by atoms with van der Waals surface area (Å²) in [5.41, 5.74) is 4.78. The first-order valence-electron chi connectivity index (χ1n) is 15.4. The second-order valence-electron chi connectivity index (χ2n) is 11.6. The first-order valence-corrected chi connectivity index (χ1v) is 15.4. The van der Waals surface area contributed by atoms with Crippen LogP contribution < -0.4 is 15.5 Å². The molecule has 1 fully saturated rings. The molecule has 1 saturated heterocycles. The Morgan fingerprint density at radius 1 is 1.11 bits per heavy atom. The molecule has 8 heteroatoms. The fourth-order valence-electron chi connectivity index (χ4n) is 4.65. The van der Waals surface area contributed by atoms with Gasteiger partial charge in [0.1, 0.15) is 12.3 Å². The highest BCUT2D eigenvalue weighted by molar-refractivity contribution is 5.96. The van der Waals surface area contributed by atoms with Gasteiger partial charge in [0.15, 0.2) is 0 Å². The lowest BCUT2D eigenvalue weighted by Crippen LogP contribution is -2.34. The van der Waals surface area contributed by atoms with Gasteiger partial charge in [0, 0.05) is 44.0 Å². The predicted octanol–water partition coefficient (Wildman–Crippen LogP) is 8.35. The van der Waals surface area contributed by atoms with Crippen molar-refractivity contribution in [1.29, 1.82) is 0 Å². The van der Waals surface area contributed by atoms with Crippen molar-refractivity contribution < 1.29 is 17.9 Å². The first kappa shape index (κ1) is 37.2. The third-order valence-electron chi connectivity index (χ3n) is 7.82. The van der Waals surface area contributed by atoms with E-state index >= 15 is 0 Å². The number of rotatable bonds is 9. The number of allylic oxidation sites excluding steroid dienone is 3. The van der Waals surface area contributed by atoms with Crippen LogP contribution in [0.25, 0.3) is 0 Å². The zero-order valence-corrected chi connectivity index (χ0v) is 27.4. The van der Waals surface area contributed by atoms with E-state index in [1.165, 1.54) is 23.3 Å². The van der Waals surface area contributed by atoms with Gasteiger partial charge in [-0.1, -0.05) is 57.2 Å². The molecule has 2 heterocycles. The highest BCUT2D eigenvalue weighted by Crippen LogP contribution is 2.32. The topological polar surface area (TPSA) is 48.9 Å². The summed E-state index contributed by atoms with van der Waals surface area (Å²) in [5, 5.41) is 6.00. The van der Waals surface area contributed by atoms with Gasteiger partial charge >= 0.3 is 6.18 Å². The van der Waals surface area contributed by atoms with E-state index in [-0.39, 0.29) is 0 Å². The molecule has 5 nitrogen and oxygen atoms in total. The third-order valence-corrected chi connectivity index (χ3v) is 7.82. The number of piperidine rings is 1. The predicted molar refractivity (Wildman–Crippen MR) is 182 cm³/mol. The first-order chi connectivity index (χ1) is 21.4. The number of hydrogen-bond acceptors (Lipinski definition) is 5. The number of ether oxygens (including phenoxy) is 1. The zero-order valence-electron chi connectivity index (χ0n) is 27.4. The van der Waals surface area contributed by atoms with E-state index < -0.39 is 11.7 Å². The number of terminal acetylenes is 1. The second-order valence-corrected chi connectivity index (χ2v) is 11.6. The quantitative estimate of drug-likeness (QED) is 0.128. The molecule has 2 aromatic rings. The molecule has 0 aliphatic carbocycles. The standard InChI is InChI=1S/C29H36F3N3O.C5H8.C3H5N/c1-20(2)21(3)27-19-34-28(36-27)24-6-4-23(5-7-24)18-33-15-12-22-13-16-35(17-14-22)26-10-8-25(9-11-26)29(30,31)32;1-4-5(2)3;1-3-4-2/h4-11,20,22,33H,12-19H2,1-3H3;4H,1-2H2,3H3;1,4H,2H3/b27-21-;;. The molecular formula is C37H49F3N4O. The van der Waals surface area contributed by atoms with Crippen LogP contribution in [0.5, 0.6) is 0 Å². The van der Waals surface area contributed by atoms with Gasteiger partial charge in [-0.3, -0.25) is 0 Å². The maximum absolute atomic E-state index is 12.8. The van der Waals surface area contributed by atoms with Crippen LogP contribution in [-0.2, 0) is 17.5 Å². The lowest BCUT2D eigenvalue weighted by molar-refractivity contribution is -0.137. The number of hydrogen-bond donors (Lipinski definition) is 2. The van der Waals surface area contributed by atoms with E-state index in [9.17, 15) is 13.2 Å². The summed E-state index contributed by atoms with van der Waals surface area (Å²) in [6, 6.07) is 16.1. The van der Waals surface area contributed by atoms with Crippen molar-refractivity contribution in [2.45, 2.75) is 59.7 Å². The minimum Gasteiger partial charge on any atom is -0.441 e. The van der Waals surface area contributed by atoms with Gasteiger partial charge in [0.05, 0.1) is 5.56 Å². The van der Waals surface area contributed by atoms with E-state index in [4.69, 9.17) is 4.74 Å². The normalized spacial score (nSPS) is 15.8. The lowest BCUT2D eigenvalue weighted by atomic mass is 9.93. The van der Waals surface area contributed by atoms with Gasteiger partial charge < -0.3 is 20.3 Å². The SMILES string of the molecule is C#CNC.C/C(=C1\CN=C(c2ccc(CNCCC3CCN(c4ccc(C(F)(F)F)cc4)CC3)cc2)O1)C(C)C.C=CC(=C)C. The summed E-state index contributed by atoms with van der Waals surface area (Å²) < 4.78 is 44.3. The molecule has 0 amide bonds. The van der Waals surface area contributed by atoms with Crippen LogP contribution in [0.3, 0.4) is 0 Å². The van der Waals surface area contributed by atoms with Crippen LogP contribution in [0.15, 0.2) is 89.7 Å². The molecule has 0 spiro atoms. The Labute approximate surface area is 268 Å². The Morgan fingerprint density at radius 3 is 2.18 bits per heavy atom. The van der Waals surface area contributed by atoms with Crippen LogP contribution in [0.4, 0.5) is 18.9 Å². The van der Waals surface area contributed by atoms with Crippen molar-refractivity contribution in [2.75, 3.05) is 38.1 Å². The summed E-state index contributed by atoms with van der Waals surface area (Å²) in [6.45, 7) is 19.5. The summed E-state index contributed by atoms with van der Waals surface area (Å²) in [4.78, 5) is 6.75. The van der Waals surface area contributed by atoms with Gasteiger partial charge in [0.25, 0.3) is 0 Å². The molecule has 2 aliphatic heterocycles. The molecule has 2 N–H and O–H groups in total. The molecule has 0 atom stereocenters. The Balaban J connectivity index is 0.000000691. The fraction of sp³-hybridized carbons (Fsp3) is 0.432. The van der Waals surface area contributed by atoms with Crippen molar-refractivity contribution in [2.24, 2.45) is 16.8 Å². The number of aliphatic imine (C=N–C) groups is 1. The maximum atomic E-state index is 12.8. The van der Waals surface area contributed by atoms with E-state index in [1.807, 2.05) is 6.92 Å². The molecule has 2 aliphatic rings. The molecule has 45 heavy (non-hydrogen) atoms. The highest BCUT2D eigenvalue weighted by atomic mass is 19.4. The van der Waals surface area contributed by atoms with Gasteiger partial charge in [-0.25, -0.2) is 4.99 Å². The summed E-state index contributed by atoms with van der Waals surface area (Å²) in [5.74, 6) is 2.76. The average molecular weight is 623 g/mol. The third kappa shape index (κ3) is 12.9. The number of halogens is 3. The highest BCUT2D eigenvalue weighted by Gasteiger charge is 2.30. The number of nitrogens with zero attached hydrogens (tertiary/aromatic N) is 2. The van der Waals surface area contributed by atoms with Crippen molar-refractivity contribution in [3.63, 3.8) is 0 Å². The van der Waals surface area contributed by atoms with E-state index in [1.54, 1.807) is 25.3 Å². The van der Waals surface area contributed by atoms with Crippen LogP contribution in [-0.4, -0.2) is 39.1 Å². The fourth-order valence-corrected chi connectivity index (χ4v) is 4.65. The maximum Gasteiger partial charge on any atom is 0.416 e. The van der Waals surface area contributed by atoms with Crippen LogP contribution in [0.1, 0.15) is 63.6 Å². The van der Waals surface area contributed by atoms with Crippen molar-refractivity contribution in [3.05, 3.63) is 101 Å². The Morgan fingerprint density at radius 2 is 1.69 bits per heavy atom. The summed E-state index contributed by atoms with van der Waals surface area (Å²) in [7, 11) is 1.69. The van der Waals surface area contributed by atoms with Crippen LogP contribution in [0.2, 0.25) is 0 Å². The van der Waals surface area contributed by atoms with Crippen molar-refractivity contribution >= 4 is 11.6 Å². The molecule has 0 saturated carbocycles. The minimum atomic E-state index is -4.28. The Bertz CT molecular complexity index is 1310. The van der Waals surface area contributed by atoms with Gasteiger partial charge in [-0.05, 0) is 99.0 Å². The van der Waals surface area contributed by atoms with E-state index in [2.05, 4.69) is 91.2 Å². The van der Waals surface area contributed by atoms with Gasteiger partial charge in [-0.2, -0.15) is 13.2 Å². The number of benzene rings is 2. The molecular weight excluding hydrogens is 573 g/mol. The van der Waals surface area contributed by atoms with Crippen LogP contribution >= 0.6 is 0 Å². The second kappa shape index (κ2) is 18.8. The number of alkyl halides is 3. The lowest BCUT2D eigenvalue weighted by Gasteiger charge is -2.34. The zero-order chi connectivity index (χ0) is 33.4. The number of anilines is 1. The molecule has 0 aromatic heterocycles. The van der Waals surface area contributed by atoms with E-state index in [0.717, 1.165) is 68.0 Å². The summed E-state index contributed by atoms with van der Waals surface area (Å²) >= 11 is 0. The molecule has 0 radical (unpaired) electrons. The molecule has 2 aromatic carbocycles. The minimum absolute atomic E-state index is 0.453. The largest absolute Gasteiger partial charge is 0.441 e. The average Bonchev–Trinajstić information content (AvgIpc) is 3.54. The van der Waals surface area contributed by atoms with Crippen molar-refractivity contribution in [3.8, 4) is 12.5 Å². The van der Waals surface area contributed by atoms with Crippen molar-refractivity contribution in [1.82, 2.24) is 10.6 Å². The Hall–Kier alpha value is -3.96. The molecule has 0 unspecified atom stereocenters. The Kier molecular flexibility index (Phi) is 15.5. The molecule has 244 valence electrons. The van der Waals surface area contributed by atoms with Crippen LogP contribution in [0, 0.1) is 24.3 Å². The molecule has 4 rings (SSSR count).